The molecule has 22 heavy (non-hydrogen) atoms. The summed E-state index contributed by atoms with van der Waals surface area (Å²) in [4.78, 5) is 25.8. The van der Waals surface area contributed by atoms with E-state index in [4.69, 9.17) is 15.2 Å². The monoisotopic (exact) mass is 305 g/mol. The van der Waals surface area contributed by atoms with Crippen molar-refractivity contribution in [3.8, 4) is 11.5 Å². The number of anilines is 1. The summed E-state index contributed by atoms with van der Waals surface area (Å²) in [6, 6.07) is 5.36. The van der Waals surface area contributed by atoms with Crippen molar-refractivity contribution in [2.75, 3.05) is 31.3 Å². The highest BCUT2D eigenvalue weighted by atomic mass is 16.7. The van der Waals surface area contributed by atoms with Gasteiger partial charge in [-0.2, -0.15) is 0 Å². The second-order valence-electron chi connectivity index (χ2n) is 5.38. The average Bonchev–Trinajstić information content (AvgIpc) is 3.12. The quantitative estimate of drug-likeness (QED) is 0.760. The molecule has 1 atom stereocenters. The van der Waals surface area contributed by atoms with E-state index in [1.165, 1.54) is 0 Å². The second-order valence-corrected chi connectivity index (χ2v) is 5.38. The minimum atomic E-state index is -0.323. The number of nitrogens with two attached hydrogens (primary N) is 1. The van der Waals surface area contributed by atoms with Gasteiger partial charge in [0.25, 0.3) is 0 Å². The van der Waals surface area contributed by atoms with Gasteiger partial charge in [-0.15, -0.1) is 0 Å². The first kappa shape index (κ1) is 14.6. The number of benzene rings is 1. The molecular formula is C15H19N3O4. The molecule has 3 N–H and O–H groups in total. The minimum absolute atomic E-state index is 0.0576. The molecule has 1 fully saturated rings. The molecule has 2 aliphatic rings. The van der Waals surface area contributed by atoms with Crippen molar-refractivity contribution in [2.45, 2.75) is 12.8 Å². The van der Waals surface area contributed by atoms with Gasteiger partial charge >= 0.3 is 0 Å². The van der Waals surface area contributed by atoms with Gasteiger partial charge in [-0.05, 0) is 25.1 Å². The molecule has 1 aromatic rings. The highest BCUT2D eigenvalue weighted by molar-refractivity contribution is 6.00. The van der Waals surface area contributed by atoms with Gasteiger partial charge in [0.15, 0.2) is 11.5 Å². The number of ether oxygens (including phenoxy) is 2. The summed E-state index contributed by atoms with van der Waals surface area (Å²) >= 11 is 0. The first-order valence-corrected chi connectivity index (χ1v) is 7.37. The molecule has 7 nitrogen and oxygen atoms in total. The third-order valence-corrected chi connectivity index (χ3v) is 3.84. The molecule has 2 amide bonds. The number of nitrogens with one attached hydrogen (secondary N) is 1. The predicted molar refractivity (Wildman–Crippen MR) is 79.7 cm³/mol. The van der Waals surface area contributed by atoms with Crippen molar-refractivity contribution >= 4 is 17.5 Å². The molecule has 7 heteroatoms. The van der Waals surface area contributed by atoms with Crippen LogP contribution >= 0.6 is 0 Å². The van der Waals surface area contributed by atoms with Gasteiger partial charge < -0.3 is 25.4 Å². The van der Waals surface area contributed by atoms with E-state index in [1.807, 2.05) is 0 Å². The summed E-state index contributed by atoms with van der Waals surface area (Å²) in [6.45, 7) is 1.66. The highest BCUT2D eigenvalue weighted by Crippen LogP contribution is 2.37. The van der Waals surface area contributed by atoms with Crippen LogP contribution < -0.4 is 25.4 Å². The molecule has 1 aromatic carbocycles. The number of hydrogen-bond acceptors (Lipinski definition) is 5. The van der Waals surface area contributed by atoms with Gasteiger partial charge in [-0.25, -0.2) is 0 Å². The number of carbonyl (C=O) groups excluding carboxylic acids is 2. The van der Waals surface area contributed by atoms with Crippen LogP contribution in [0.1, 0.15) is 12.8 Å². The molecule has 0 aliphatic carbocycles. The van der Waals surface area contributed by atoms with E-state index in [0.29, 0.717) is 31.1 Å². The van der Waals surface area contributed by atoms with Gasteiger partial charge in [0.05, 0.1) is 5.92 Å². The zero-order chi connectivity index (χ0) is 15.5. The van der Waals surface area contributed by atoms with Crippen LogP contribution in [0.2, 0.25) is 0 Å². The summed E-state index contributed by atoms with van der Waals surface area (Å²) in [6.07, 6.45) is 0.960. The lowest BCUT2D eigenvalue weighted by molar-refractivity contribution is -0.126. The van der Waals surface area contributed by atoms with Crippen molar-refractivity contribution in [3.05, 3.63) is 18.2 Å². The van der Waals surface area contributed by atoms with Gasteiger partial charge in [-0.3, -0.25) is 9.59 Å². The first-order chi connectivity index (χ1) is 10.7. The Bertz CT molecular complexity index is 590. The second kappa shape index (κ2) is 6.23. The lowest BCUT2D eigenvalue weighted by atomic mass is 10.1. The van der Waals surface area contributed by atoms with E-state index in [9.17, 15) is 9.59 Å². The average molecular weight is 305 g/mol. The number of rotatable bonds is 5. The van der Waals surface area contributed by atoms with Gasteiger partial charge in [-0.1, -0.05) is 0 Å². The van der Waals surface area contributed by atoms with Gasteiger partial charge in [0.1, 0.15) is 0 Å². The van der Waals surface area contributed by atoms with Crippen LogP contribution in [-0.4, -0.2) is 38.2 Å². The van der Waals surface area contributed by atoms with E-state index >= 15 is 0 Å². The molecule has 118 valence electrons. The molecule has 1 unspecified atom stereocenters. The van der Waals surface area contributed by atoms with Crippen LogP contribution in [0.25, 0.3) is 0 Å². The summed E-state index contributed by atoms with van der Waals surface area (Å²) in [7, 11) is 0. The molecule has 0 bridgehead atoms. The largest absolute Gasteiger partial charge is 0.454 e. The van der Waals surface area contributed by atoms with Crippen molar-refractivity contribution in [2.24, 2.45) is 11.7 Å². The Morgan fingerprint density at radius 3 is 3.00 bits per heavy atom. The van der Waals surface area contributed by atoms with Crippen LogP contribution in [0.5, 0.6) is 11.5 Å². The fraction of sp³-hybridized carbons (Fsp3) is 0.467. The molecule has 0 aromatic heterocycles. The molecule has 0 radical (unpaired) electrons. The molecule has 2 heterocycles. The van der Waals surface area contributed by atoms with Crippen molar-refractivity contribution in [1.29, 1.82) is 0 Å². The topological polar surface area (TPSA) is 93.9 Å². The van der Waals surface area contributed by atoms with E-state index < -0.39 is 0 Å². The van der Waals surface area contributed by atoms with Crippen LogP contribution in [0.3, 0.4) is 0 Å². The third-order valence-electron chi connectivity index (χ3n) is 3.84. The number of hydrogen-bond donors (Lipinski definition) is 2. The Morgan fingerprint density at radius 1 is 1.36 bits per heavy atom. The summed E-state index contributed by atoms with van der Waals surface area (Å²) in [5, 5.41) is 2.82. The van der Waals surface area contributed by atoms with E-state index in [0.717, 1.165) is 12.1 Å². The minimum Gasteiger partial charge on any atom is -0.454 e. The Morgan fingerprint density at radius 2 is 2.18 bits per heavy atom. The smallest absolute Gasteiger partial charge is 0.231 e. The Balaban J connectivity index is 1.66. The third kappa shape index (κ3) is 2.85. The zero-order valence-corrected chi connectivity index (χ0v) is 12.2. The van der Waals surface area contributed by atoms with Crippen LogP contribution in [-0.2, 0) is 9.59 Å². The van der Waals surface area contributed by atoms with Crippen molar-refractivity contribution < 1.29 is 19.1 Å². The van der Waals surface area contributed by atoms with Gasteiger partial charge in [0, 0.05) is 31.3 Å². The molecule has 1 saturated heterocycles. The SMILES string of the molecule is NCCCNC(=O)C1CC(=O)N(c2ccc3c(c2)OCO3)C1. The normalized spacial score (nSPS) is 19.6. The lowest BCUT2D eigenvalue weighted by Gasteiger charge is -2.17. The Kier molecular flexibility index (Phi) is 4.15. The Labute approximate surface area is 128 Å². The van der Waals surface area contributed by atoms with E-state index in [1.54, 1.807) is 23.1 Å². The maximum Gasteiger partial charge on any atom is 0.231 e. The molecular weight excluding hydrogens is 286 g/mol. The first-order valence-electron chi connectivity index (χ1n) is 7.37. The lowest BCUT2D eigenvalue weighted by Crippen LogP contribution is -2.34. The van der Waals surface area contributed by atoms with Crippen LogP contribution in [0.15, 0.2) is 18.2 Å². The molecule has 3 rings (SSSR count). The number of amides is 2. The number of fused-ring (bicyclic) bond motifs is 1. The standard InChI is InChI=1S/C15H19N3O4/c16-4-1-5-17-15(20)10-6-14(19)18(8-10)11-2-3-12-13(7-11)22-9-21-12/h2-3,7,10H,1,4-6,8-9,16H2,(H,17,20). The fourth-order valence-electron chi connectivity index (χ4n) is 2.64. The summed E-state index contributed by atoms with van der Waals surface area (Å²) < 4.78 is 10.6. The van der Waals surface area contributed by atoms with Crippen molar-refractivity contribution in [3.63, 3.8) is 0 Å². The van der Waals surface area contributed by atoms with Gasteiger partial charge in [0.2, 0.25) is 18.6 Å². The predicted octanol–water partition coefficient (Wildman–Crippen LogP) is 0.233. The summed E-state index contributed by atoms with van der Waals surface area (Å²) in [5.41, 5.74) is 6.13. The van der Waals surface area contributed by atoms with Crippen molar-refractivity contribution in [1.82, 2.24) is 5.32 Å². The van der Waals surface area contributed by atoms with Crippen LogP contribution in [0.4, 0.5) is 5.69 Å². The fourth-order valence-corrected chi connectivity index (χ4v) is 2.64. The van der Waals surface area contributed by atoms with Crippen LogP contribution in [0, 0.1) is 5.92 Å². The molecule has 0 saturated carbocycles. The highest BCUT2D eigenvalue weighted by Gasteiger charge is 2.35. The maximum atomic E-state index is 12.2. The molecule has 2 aliphatic heterocycles. The van der Waals surface area contributed by atoms with E-state index in [-0.39, 0.29) is 30.9 Å². The summed E-state index contributed by atoms with van der Waals surface area (Å²) in [5.74, 6) is 0.825. The zero-order valence-electron chi connectivity index (χ0n) is 12.2. The number of nitrogens with zero attached hydrogens (tertiary/aromatic N) is 1. The Hall–Kier alpha value is -2.28. The number of carbonyl (C=O) groups is 2. The molecule has 0 spiro atoms. The van der Waals surface area contributed by atoms with E-state index in [2.05, 4.69) is 5.32 Å². The maximum absolute atomic E-state index is 12.2.